The topological polar surface area (TPSA) is 95.6 Å². The molecule has 154 valence electrons. The first-order valence-corrected chi connectivity index (χ1v) is 11.1. The van der Waals surface area contributed by atoms with Crippen LogP contribution >= 0.6 is 0 Å². The van der Waals surface area contributed by atoms with E-state index in [0.29, 0.717) is 19.4 Å². The van der Waals surface area contributed by atoms with Crippen LogP contribution in [0.1, 0.15) is 43.1 Å². The lowest BCUT2D eigenvalue weighted by Gasteiger charge is -2.17. The van der Waals surface area contributed by atoms with Gasteiger partial charge in [-0.1, -0.05) is 19.1 Å². The SMILES string of the molecule is CCC(=O)N1CCc2cc(S(=O)(=O)Nc3ccccc3C(=O)NC(C)C)ccc21. The van der Waals surface area contributed by atoms with E-state index in [2.05, 4.69) is 10.0 Å². The summed E-state index contributed by atoms with van der Waals surface area (Å²) in [6.45, 7) is 6.02. The van der Waals surface area contributed by atoms with Crippen molar-refractivity contribution in [2.45, 2.75) is 44.6 Å². The van der Waals surface area contributed by atoms with Crippen molar-refractivity contribution in [3.8, 4) is 0 Å². The summed E-state index contributed by atoms with van der Waals surface area (Å²) < 4.78 is 28.4. The molecule has 0 atom stereocenters. The lowest BCUT2D eigenvalue weighted by Crippen LogP contribution is -2.31. The van der Waals surface area contributed by atoms with Crippen molar-refractivity contribution in [3.05, 3.63) is 53.6 Å². The Morgan fingerprint density at radius 1 is 1.14 bits per heavy atom. The molecule has 1 aliphatic rings. The van der Waals surface area contributed by atoms with Gasteiger partial charge in [-0.15, -0.1) is 0 Å². The van der Waals surface area contributed by atoms with Crippen LogP contribution in [0.2, 0.25) is 0 Å². The van der Waals surface area contributed by atoms with Crippen molar-refractivity contribution in [3.63, 3.8) is 0 Å². The Balaban J connectivity index is 1.89. The third kappa shape index (κ3) is 4.42. The monoisotopic (exact) mass is 415 g/mol. The Labute approximate surface area is 171 Å². The standard InChI is InChI=1S/C21H25N3O4S/c1-4-20(25)24-12-11-15-13-16(9-10-19(15)24)29(27,28)23-18-8-6-5-7-17(18)21(26)22-14(2)3/h5-10,13-14,23H,4,11-12H2,1-3H3,(H,22,26). The zero-order valence-electron chi connectivity index (χ0n) is 16.7. The second kappa shape index (κ2) is 8.24. The predicted molar refractivity (Wildman–Crippen MR) is 113 cm³/mol. The molecule has 2 aromatic rings. The molecule has 1 aliphatic heterocycles. The van der Waals surface area contributed by atoms with Gasteiger partial charge in [0.2, 0.25) is 5.91 Å². The van der Waals surface area contributed by atoms with Gasteiger partial charge in [-0.25, -0.2) is 8.42 Å². The number of benzene rings is 2. The average molecular weight is 416 g/mol. The molecule has 29 heavy (non-hydrogen) atoms. The molecule has 2 N–H and O–H groups in total. The largest absolute Gasteiger partial charge is 0.350 e. The zero-order valence-corrected chi connectivity index (χ0v) is 17.5. The third-order valence-electron chi connectivity index (χ3n) is 4.70. The average Bonchev–Trinajstić information content (AvgIpc) is 3.10. The fourth-order valence-electron chi connectivity index (χ4n) is 3.31. The zero-order chi connectivity index (χ0) is 21.2. The smallest absolute Gasteiger partial charge is 0.261 e. The van der Waals surface area contributed by atoms with Gasteiger partial charge in [-0.05, 0) is 56.2 Å². The molecule has 2 aromatic carbocycles. The van der Waals surface area contributed by atoms with Crippen LogP contribution < -0.4 is 14.9 Å². The third-order valence-corrected chi connectivity index (χ3v) is 6.06. The normalized spacial score (nSPS) is 13.3. The Hall–Kier alpha value is -2.87. The number of hydrogen-bond donors (Lipinski definition) is 2. The molecule has 0 unspecified atom stereocenters. The number of fused-ring (bicyclic) bond motifs is 1. The summed E-state index contributed by atoms with van der Waals surface area (Å²) in [5.74, 6) is -0.330. The first kappa shape index (κ1) is 20.9. The highest BCUT2D eigenvalue weighted by Crippen LogP contribution is 2.31. The first-order valence-electron chi connectivity index (χ1n) is 9.59. The summed E-state index contributed by atoms with van der Waals surface area (Å²) in [6.07, 6.45) is 1.01. The summed E-state index contributed by atoms with van der Waals surface area (Å²) in [7, 11) is -3.90. The highest BCUT2D eigenvalue weighted by Gasteiger charge is 2.26. The molecular weight excluding hydrogens is 390 g/mol. The number of anilines is 2. The molecule has 0 spiro atoms. The van der Waals surface area contributed by atoms with E-state index in [1.807, 2.05) is 13.8 Å². The van der Waals surface area contributed by atoms with Gasteiger partial charge in [-0.2, -0.15) is 0 Å². The van der Waals surface area contributed by atoms with Gasteiger partial charge in [0, 0.05) is 24.7 Å². The summed E-state index contributed by atoms with van der Waals surface area (Å²) in [6, 6.07) is 11.2. The van der Waals surface area contributed by atoms with Gasteiger partial charge < -0.3 is 10.2 Å². The van der Waals surface area contributed by atoms with Crippen molar-refractivity contribution in [1.82, 2.24) is 5.32 Å². The van der Waals surface area contributed by atoms with E-state index in [9.17, 15) is 18.0 Å². The summed E-state index contributed by atoms with van der Waals surface area (Å²) in [5.41, 5.74) is 2.05. The molecule has 2 amide bonds. The van der Waals surface area contributed by atoms with Crippen molar-refractivity contribution < 1.29 is 18.0 Å². The van der Waals surface area contributed by atoms with Crippen LogP contribution in [0.4, 0.5) is 11.4 Å². The molecule has 0 aliphatic carbocycles. The van der Waals surface area contributed by atoms with Crippen LogP contribution in [0, 0.1) is 0 Å². The van der Waals surface area contributed by atoms with E-state index in [1.165, 1.54) is 6.07 Å². The van der Waals surface area contributed by atoms with Crippen molar-refractivity contribution >= 4 is 33.2 Å². The van der Waals surface area contributed by atoms with E-state index in [4.69, 9.17) is 0 Å². The van der Waals surface area contributed by atoms with Crippen LogP contribution in [0.25, 0.3) is 0 Å². The Morgan fingerprint density at radius 2 is 1.86 bits per heavy atom. The minimum atomic E-state index is -3.90. The van der Waals surface area contributed by atoms with Crippen molar-refractivity contribution in [2.24, 2.45) is 0 Å². The Morgan fingerprint density at radius 3 is 2.55 bits per heavy atom. The highest BCUT2D eigenvalue weighted by molar-refractivity contribution is 7.92. The second-order valence-corrected chi connectivity index (χ2v) is 8.90. The molecule has 0 saturated heterocycles. The van der Waals surface area contributed by atoms with Gasteiger partial charge in [0.15, 0.2) is 0 Å². The molecule has 3 rings (SSSR count). The Kier molecular flexibility index (Phi) is 5.93. The molecular formula is C21H25N3O4S. The van der Waals surface area contributed by atoms with Crippen LogP contribution in [-0.2, 0) is 21.2 Å². The quantitative estimate of drug-likeness (QED) is 0.758. The molecule has 0 radical (unpaired) electrons. The maximum absolute atomic E-state index is 12.9. The summed E-state index contributed by atoms with van der Waals surface area (Å²) >= 11 is 0. The molecule has 0 aromatic heterocycles. The molecule has 1 heterocycles. The van der Waals surface area contributed by atoms with Gasteiger partial charge in [0.1, 0.15) is 0 Å². The number of para-hydroxylation sites is 1. The highest BCUT2D eigenvalue weighted by atomic mass is 32.2. The molecule has 0 fully saturated rings. The van der Waals surface area contributed by atoms with Crippen molar-refractivity contribution in [1.29, 1.82) is 0 Å². The number of rotatable bonds is 6. The van der Waals surface area contributed by atoms with Gasteiger partial charge >= 0.3 is 0 Å². The molecule has 7 nitrogen and oxygen atoms in total. The molecule has 8 heteroatoms. The number of carbonyl (C=O) groups excluding carboxylic acids is 2. The van der Waals surface area contributed by atoms with Crippen LogP contribution in [-0.4, -0.2) is 32.8 Å². The van der Waals surface area contributed by atoms with E-state index in [-0.39, 0.29) is 34.0 Å². The number of carbonyl (C=O) groups is 2. The molecule has 0 bridgehead atoms. The fraction of sp³-hybridized carbons (Fsp3) is 0.333. The number of nitrogens with zero attached hydrogens (tertiary/aromatic N) is 1. The van der Waals surface area contributed by atoms with E-state index < -0.39 is 10.0 Å². The summed E-state index contributed by atoms with van der Waals surface area (Å²) in [5, 5.41) is 2.77. The van der Waals surface area contributed by atoms with Crippen molar-refractivity contribution in [2.75, 3.05) is 16.2 Å². The second-order valence-electron chi connectivity index (χ2n) is 7.22. The van der Waals surface area contributed by atoms with E-state index >= 15 is 0 Å². The van der Waals surface area contributed by atoms with E-state index in [1.54, 1.807) is 48.2 Å². The minimum absolute atomic E-state index is 0.0163. The number of sulfonamides is 1. The number of amides is 2. The van der Waals surface area contributed by atoms with Gasteiger partial charge in [-0.3, -0.25) is 14.3 Å². The number of nitrogens with one attached hydrogen (secondary N) is 2. The van der Waals surface area contributed by atoms with E-state index in [0.717, 1.165) is 11.3 Å². The van der Waals surface area contributed by atoms with Gasteiger partial charge in [0.05, 0.1) is 16.1 Å². The predicted octanol–water partition coefficient (Wildman–Crippen LogP) is 2.92. The minimum Gasteiger partial charge on any atom is -0.350 e. The van der Waals surface area contributed by atoms with Crippen LogP contribution in [0.15, 0.2) is 47.4 Å². The van der Waals surface area contributed by atoms with Crippen LogP contribution in [0.5, 0.6) is 0 Å². The number of hydrogen-bond acceptors (Lipinski definition) is 4. The Bertz CT molecular complexity index is 1050. The first-order chi connectivity index (χ1) is 13.7. The van der Waals surface area contributed by atoms with Gasteiger partial charge in [0.25, 0.3) is 15.9 Å². The lowest BCUT2D eigenvalue weighted by molar-refractivity contribution is -0.118. The maximum Gasteiger partial charge on any atom is 0.261 e. The lowest BCUT2D eigenvalue weighted by atomic mass is 10.1. The van der Waals surface area contributed by atoms with Crippen LogP contribution in [0.3, 0.4) is 0 Å². The maximum atomic E-state index is 12.9. The fourth-order valence-corrected chi connectivity index (χ4v) is 4.44. The molecule has 0 saturated carbocycles. The summed E-state index contributed by atoms with van der Waals surface area (Å²) in [4.78, 5) is 26.2.